The Balaban J connectivity index is 2.52. The molecule has 6 heteroatoms. The first kappa shape index (κ1) is 16.5. The van der Waals surface area contributed by atoms with Crippen molar-refractivity contribution in [3.8, 4) is 0 Å². The molecule has 110 valence electrons. The van der Waals surface area contributed by atoms with E-state index in [0.717, 1.165) is 5.56 Å². The Morgan fingerprint density at radius 2 is 2.00 bits per heavy atom. The molecule has 1 rings (SSSR count). The highest BCUT2D eigenvalue weighted by molar-refractivity contribution is 6.31. The normalized spacial score (nSPS) is 12.1. The maximum atomic E-state index is 11.8. The molecule has 0 aliphatic heterocycles. The predicted octanol–water partition coefficient (Wildman–Crippen LogP) is 1.69. The van der Waals surface area contributed by atoms with E-state index in [1.165, 1.54) is 0 Å². The van der Waals surface area contributed by atoms with Crippen LogP contribution in [-0.4, -0.2) is 24.4 Å². The van der Waals surface area contributed by atoms with Crippen LogP contribution in [-0.2, 0) is 9.59 Å². The number of nitrogens with one attached hydrogen (secondary N) is 2. The molecule has 5 nitrogen and oxygen atoms in total. The van der Waals surface area contributed by atoms with Gasteiger partial charge in [0, 0.05) is 10.7 Å². The molecular weight excluding hydrogens is 278 g/mol. The Morgan fingerprint density at radius 1 is 1.35 bits per heavy atom. The summed E-state index contributed by atoms with van der Waals surface area (Å²) in [5, 5.41) is 5.74. The van der Waals surface area contributed by atoms with E-state index in [2.05, 4.69) is 10.6 Å². The smallest absolute Gasteiger partial charge is 0.243 e. The Bertz CT molecular complexity index is 503. The van der Waals surface area contributed by atoms with Crippen molar-refractivity contribution >= 4 is 29.1 Å². The third-order valence-electron chi connectivity index (χ3n) is 2.92. The molecule has 0 aliphatic carbocycles. The van der Waals surface area contributed by atoms with Crippen molar-refractivity contribution in [1.82, 2.24) is 5.32 Å². The number of hydrogen-bond donors (Lipinski definition) is 3. The summed E-state index contributed by atoms with van der Waals surface area (Å²) in [6.45, 7) is 5.43. The van der Waals surface area contributed by atoms with Gasteiger partial charge in [-0.05, 0) is 30.5 Å². The van der Waals surface area contributed by atoms with Crippen LogP contribution in [0.15, 0.2) is 18.2 Å². The highest BCUT2D eigenvalue weighted by atomic mass is 35.5. The third kappa shape index (κ3) is 4.83. The quantitative estimate of drug-likeness (QED) is 0.773. The number of rotatable bonds is 5. The number of hydrogen-bond acceptors (Lipinski definition) is 3. The molecule has 0 heterocycles. The van der Waals surface area contributed by atoms with Crippen LogP contribution in [0.1, 0.15) is 19.4 Å². The van der Waals surface area contributed by atoms with E-state index < -0.39 is 6.04 Å². The molecule has 1 aromatic carbocycles. The van der Waals surface area contributed by atoms with Crippen LogP contribution in [0.5, 0.6) is 0 Å². The van der Waals surface area contributed by atoms with E-state index in [9.17, 15) is 9.59 Å². The number of carbonyl (C=O) groups is 2. The number of aryl methyl sites for hydroxylation is 1. The van der Waals surface area contributed by atoms with Gasteiger partial charge in [0.25, 0.3) is 0 Å². The molecular formula is C14H20ClN3O2. The molecule has 0 spiro atoms. The van der Waals surface area contributed by atoms with E-state index in [1.807, 2.05) is 26.8 Å². The summed E-state index contributed by atoms with van der Waals surface area (Å²) in [5.41, 5.74) is 7.21. The SMILES string of the molecule is Cc1ccc(Cl)cc1NC(=O)CNC(=O)[C@@H](N)C(C)C. The minimum absolute atomic E-state index is 0.0215. The third-order valence-corrected chi connectivity index (χ3v) is 3.15. The predicted molar refractivity (Wildman–Crippen MR) is 80.6 cm³/mol. The lowest BCUT2D eigenvalue weighted by molar-refractivity contribution is -0.125. The Kier molecular flexibility index (Phi) is 5.98. The van der Waals surface area contributed by atoms with Crippen LogP contribution < -0.4 is 16.4 Å². The van der Waals surface area contributed by atoms with Gasteiger partial charge < -0.3 is 16.4 Å². The van der Waals surface area contributed by atoms with Crippen molar-refractivity contribution < 1.29 is 9.59 Å². The summed E-state index contributed by atoms with van der Waals surface area (Å²) in [7, 11) is 0. The van der Waals surface area contributed by atoms with Crippen LogP contribution in [0.2, 0.25) is 5.02 Å². The topological polar surface area (TPSA) is 84.2 Å². The minimum Gasteiger partial charge on any atom is -0.346 e. The van der Waals surface area contributed by atoms with Gasteiger partial charge in [-0.1, -0.05) is 31.5 Å². The van der Waals surface area contributed by atoms with Gasteiger partial charge in [0.05, 0.1) is 12.6 Å². The summed E-state index contributed by atoms with van der Waals surface area (Å²) in [5.74, 6) is -0.633. The second kappa shape index (κ2) is 7.26. The largest absolute Gasteiger partial charge is 0.346 e. The molecule has 0 saturated carbocycles. The van der Waals surface area contributed by atoms with E-state index >= 15 is 0 Å². The van der Waals surface area contributed by atoms with E-state index in [0.29, 0.717) is 10.7 Å². The molecule has 0 radical (unpaired) electrons. The summed E-state index contributed by atoms with van der Waals surface area (Å²) in [6, 6.07) is 4.60. The van der Waals surface area contributed by atoms with Crippen molar-refractivity contribution in [2.45, 2.75) is 26.8 Å². The van der Waals surface area contributed by atoms with Crippen LogP contribution in [0.4, 0.5) is 5.69 Å². The average molecular weight is 298 g/mol. The molecule has 4 N–H and O–H groups in total. The summed E-state index contributed by atoms with van der Waals surface area (Å²) < 4.78 is 0. The van der Waals surface area contributed by atoms with Crippen LogP contribution in [0.3, 0.4) is 0 Å². The highest BCUT2D eigenvalue weighted by Gasteiger charge is 2.17. The average Bonchev–Trinajstić information content (AvgIpc) is 2.39. The summed E-state index contributed by atoms with van der Waals surface area (Å²) in [4.78, 5) is 23.4. The fourth-order valence-electron chi connectivity index (χ4n) is 1.51. The van der Waals surface area contributed by atoms with Gasteiger partial charge in [0.2, 0.25) is 11.8 Å². The van der Waals surface area contributed by atoms with E-state index in [1.54, 1.807) is 12.1 Å². The minimum atomic E-state index is -0.615. The molecule has 2 amide bonds. The Hall–Kier alpha value is -1.59. The number of anilines is 1. The summed E-state index contributed by atoms with van der Waals surface area (Å²) in [6.07, 6.45) is 0. The monoisotopic (exact) mass is 297 g/mol. The second-order valence-electron chi connectivity index (χ2n) is 5.00. The fourth-order valence-corrected chi connectivity index (χ4v) is 1.68. The molecule has 20 heavy (non-hydrogen) atoms. The van der Waals surface area contributed by atoms with Gasteiger partial charge in [-0.25, -0.2) is 0 Å². The van der Waals surface area contributed by atoms with Crippen molar-refractivity contribution in [3.05, 3.63) is 28.8 Å². The number of halogens is 1. The van der Waals surface area contributed by atoms with Gasteiger partial charge in [-0.2, -0.15) is 0 Å². The zero-order chi connectivity index (χ0) is 15.3. The molecule has 0 aliphatic rings. The first-order valence-electron chi connectivity index (χ1n) is 6.40. The zero-order valence-corrected chi connectivity index (χ0v) is 12.6. The lowest BCUT2D eigenvalue weighted by atomic mass is 10.1. The van der Waals surface area contributed by atoms with Gasteiger partial charge >= 0.3 is 0 Å². The number of carbonyl (C=O) groups excluding carboxylic acids is 2. The number of amides is 2. The van der Waals surface area contributed by atoms with Gasteiger partial charge in [0.1, 0.15) is 0 Å². The molecule has 0 saturated heterocycles. The molecule has 0 aromatic heterocycles. The second-order valence-corrected chi connectivity index (χ2v) is 5.43. The van der Waals surface area contributed by atoms with Gasteiger partial charge in [-0.3, -0.25) is 9.59 Å². The van der Waals surface area contributed by atoms with Crippen molar-refractivity contribution in [2.75, 3.05) is 11.9 Å². The maximum absolute atomic E-state index is 11.8. The number of benzene rings is 1. The Morgan fingerprint density at radius 3 is 2.60 bits per heavy atom. The molecule has 0 bridgehead atoms. The highest BCUT2D eigenvalue weighted by Crippen LogP contribution is 2.19. The maximum Gasteiger partial charge on any atom is 0.243 e. The van der Waals surface area contributed by atoms with Crippen molar-refractivity contribution in [3.63, 3.8) is 0 Å². The van der Waals surface area contributed by atoms with Crippen LogP contribution >= 0.6 is 11.6 Å². The van der Waals surface area contributed by atoms with Gasteiger partial charge in [-0.15, -0.1) is 0 Å². The zero-order valence-electron chi connectivity index (χ0n) is 11.9. The standard InChI is InChI=1S/C14H20ClN3O2/c1-8(2)13(16)14(20)17-7-12(19)18-11-6-10(15)5-4-9(11)3/h4-6,8,13H,7,16H2,1-3H3,(H,17,20)(H,18,19)/t13-/m0/s1. The Labute approximate surface area is 123 Å². The molecule has 0 fully saturated rings. The van der Waals surface area contributed by atoms with Crippen molar-refractivity contribution in [1.29, 1.82) is 0 Å². The van der Waals surface area contributed by atoms with Crippen LogP contribution in [0.25, 0.3) is 0 Å². The molecule has 1 aromatic rings. The van der Waals surface area contributed by atoms with E-state index in [-0.39, 0.29) is 24.3 Å². The summed E-state index contributed by atoms with van der Waals surface area (Å²) >= 11 is 5.87. The fraction of sp³-hybridized carbons (Fsp3) is 0.429. The number of nitrogens with two attached hydrogens (primary N) is 1. The first-order valence-corrected chi connectivity index (χ1v) is 6.78. The molecule has 0 unspecified atom stereocenters. The van der Waals surface area contributed by atoms with Crippen molar-refractivity contribution in [2.24, 2.45) is 11.7 Å². The van der Waals surface area contributed by atoms with Crippen LogP contribution in [0, 0.1) is 12.8 Å². The molecule has 1 atom stereocenters. The van der Waals surface area contributed by atoms with E-state index in [4.69, 9.17) is 17.3 Å². The first-order chi connectivity index (χ1) is 9.31. The lowest BCUT2D eigenvalue weighted by Gasteiger charge is -2.15. The van der Waals surface area contributed by atoms with Gasteiger partial charge in [0.15, 0.2) is 0 Å². The lowest BCUT2D eigenvalue weighted by Crippen LogP contribution is -2.46.